The molecule has 0 aromatic rings. The largest absolute Gasteiger partial charge is 0.462 e. The first-order valence-electron chi connectivity index (χ1n) is 7.44. The highest BCUT2D eigenvalue weighted by Gasteiger charge is 2.55. The van der Waals surface area contributed by atoms with Gasteiger partial charge in [0.1, 0.15) is 31.0 Å². The summed E-state index contributed by atoms with van der Waals surface area (Å²) in [5, 5.41) is 10.2. The van der Waals surface area contributed by atoms with Gasteiger partial charge in [-0.15, -0.1) is 0 Å². The lowest BCUT2D eigenvalue weighted by molar-refractivity contribution is -0.275. The number of ether oxygens (including phenoxy) is 5. The van der Waals surface area contributed by atoms with Crippen molar-refractivity contribution in [3.05, 3.63) is 0 Å². The Morgan fingerprint density at radius 2 is 1.82 bits per heavy atom. The predicted molar refractivity (Wildman–Crippen MR) is 75.9 cm³/mol. The molecule has 2 fully saturated rings. The van der Waals surface area contributed by atoms with Crippen molar-refractivity contribution in [3.63, 3.8) is 0 Å². The Balaban J connectivity index is 2.07. The highest BCUT2D eigenvalue weighted by molar-refractivity contribution is 5.75. The SMILES string of the molecule is COC1OC(COC(=O)C(C)(C)C)C2OC(C)(C)OC2C1O. The van der Waals surface area contributed by atoms with E-state index in [0.29, 0.717) is 0 Å². The Bertz CT molecular complexity index is 415. The van der Waals surface area contributed by atoms with Gasteiger partial charge in [0.2, 0.25) is 0 Å². The lowest BCUT2D eigenvalue weighted by atomic mass is 9.97. The highest BCUT2D eigenvalue weighted by Crippen LogP contribution is 2.37. The average Bonchev–Trinajstić information content (AvgIpc) is 2.73. The quantitative estimate of drug-likeness (QED) is 0.772. The fraction of sp³-hybridized carbons (Fsp3) is 0.933. The van der Waals surface area contributed by atoms with Crippen LogP contribution in [0.1, 0.15) is 34.6 Å². The Labute approximate surface area is 130 Å². The number of hydrogen-bond acceptors (Lipinski definition) is 7. The third kappa shape index (κ3) is 3.60. The summed E-state index contributed by atoms with van der Waals surface area (Å²) in [7, 11) is 1.44. The van der Waals surface area contributed by atoms with E-state index in [2.05, 4.69) is 0 Å². The van der Waals surface area contributed by atoms with Gasteiger partial charge in [-0.25, -0.2) is 0 Å². The van der Waals surface area contributed by atoms with Gasteiger partial charge in [-0.1, -0.05) is 0 Å². The third-order valence-corrected chi connectivity index (χ3v) is 3.68. The molecule has 128 valence electrons. The van der Waals surface area contributed by atoms with Crippen molar-refractivity contribution in [1.82, 2.24) is 0 Å². The molecular formula is C15H26O7. The van der Waals surface area contributed by atoms with Crippen LogP contribution in [0.4, 0.5) is 0 Å². The minimum absolute atomic E-state index is 0.0172. The van der Waals surface area contributed by atoms with Crippen LogP contribution in [-0.4, -0.2) is 61.3 Å². The topological polar surface area (TPSA) is 83.5 Å². The van der Waals surface area contributed by atoms with Gasteiger partial charge in [0.25, 0.3) is 0 Å². The molecule has 7 heteroatoms. The minimum atomic E-state index is -0.966. The maximum atomic E-state index is 11.9. The van der Waals surface area contributed by atoms with Crippen LogP contribution in [-0.2, 0) is 28.5 Å². The molecule has 0 bridgehead atoms. The standard InChI is InChI=1S/C15H26O7/c1-14(2,3)13(17)19-7-8-10-11(22-15(4,5)21-10)9(16)12(18-6)20-8/h8-12,16H,7H2,1-6H3. The van der Waals surface area contributed by atoms with Crippen molar-refractivity contribution in [1.29, 1.82) is 0 Å². The van der Waals surface area contributed by atoms with Crippen molar-refractivity contribution in [3.8, 4) is 0 Å². The molecule has 1 N–H and O–H groups in total. The predicted octanol–water partition coefficient (Wildman–Crippen LogP) is 0.828. The zero-order valence-electron chi connectivity index (χ0n) is 14.0. The molecule has 2 rings (SSSR count). The molecule has 0 aromatic carbocycles. The number of carbonyl (C=O) groups is 1. The molecule has 0 saturated carbocycles. The van der Waals surface area contributed by atoms with E-state index < -0.39 is 41.9 Å². The van der Waals surface area contributed by atoms with Crippen LogP contribution in [0.15, 0.2) is 0 Å². The van der Waals surface area contributed by atoms with Crippen LogP contribution in [0.5, 0.6) is 0 Å². The van der Waals surface area contributed by atoms with E-state index in [1.807, 2.05) is 0 Å². The molecule has 0 aliphatic carbocycles. The third-order valence-electron chi connectivity index (χ3n) is 3.68. The summed E-state index contributed by atoms with van der Waals surface area (Å²) in [6.45, 7) is 8.87. The Morgan fingerprint density at radius 3 is 2.36 bits per heavy atom. The molecule has 22 heavy (non-hydrogen) atoms. The van der Waals surface area contributed by atoms with Gasteiger partial charge >= 0.3 is 5.97 Å². The van der Waals surface area contributed by atoms with Gasteiger partial charge in [0.15, 0.2) is 12.1 Å². The van der Waals surface area contributed by atoms with E-state index in [1.54, 1.807) is 34.6 Å². The second-order valence-electron chi connectivity index (χ2n) is 7.18. The summed E-state index contributed by atoms with van der Waals surface area (Å²) < 4.78 is 27.6. The molecule has 5 unspecified atom stereocenters. The Morgan fingerprint density at radius 1 is 1.23 bits per heavy atom. The fourth-order valence-corrected chi connectivity index (χ4v) is 2.56. The van der Waals surface area contributed by atoms with E-state index in [9.17, 15) is 9.90 Å². The van der Waals surface area contributed by atoms with Gasteiger partial charge in [-0.05, 0) is 34.6 Å². The van der Waals surface area contributed by atoms with Crippen molar-refractivity contribution in [2.75, 3.05) is 13.7 Å². The molecule has 2 aliphatic rings. The summed E-state index contributed by atoms with van der Waals surface area (Å²) >= 11 is 0. The van der Waals surface area contributed by atoms with Crippen LogP contribution < -0.4 is 0 Å². The summed E-state index contributed by atoms with van der Waals surface area (Å²) in [5.74, 6) is -1.17. The van der Waals surface area contributed by atoms with E-state index >= 15 is 0 Å². The van der Waals surface area contributed by atoms with E-state index in [0.717, 1.165) is 0 Å². The number of aliphatic hydroxyl groups excluding tert-OH is 1. The summed E-state index contributed by atoms with van der Waals surface area (Å²) in [6, 6.07) is 0. The zero-order valence-corrected chi connectivity index (χ0v) is 14.0. The first-order valence-corrected chi connectivity index (χ1v) is 7.44. The number of rotatable bonds is 3. The van der Waals surface area contributed by atoms with Crippen molar-refractivity contribution in [2.45, 2.75) is 71.1 Å². The number of fused-ring (bicyclic) bond motifs is 1. The molecule has 2 heterocycles. The second-order valence-corrected chi connectivity index (χ2v) is 7.18. The van der Waals surface area contributed by atoms with Crippen LogP contribution >= 0.6 is 0 Å². The van der Waals surface area contributed by atoms with E-state index in [4.69, 9.17) is 23.7 Å². The highest BCUT2D eigenvalue weighted by atomic mass is 16.8. The van der Waals surface area contributed by atoms with Crippen molar-refractivity contribution < 1.29 is 33.6 Å². The Hall–Kier alpha value is -0.730. The Kier molecular flexibility index (Phi) is 4.85. The molecule has 0 spiro atoms. The zero-order chi connectivity index (χ0) is 16.7. The van der Waals surface area contributed by atoms with Gasteiger partial charge in [-0.3, -0.25) is 4.79 Å². The maximum Gasteiger partial charge on any atom is 0.311 e. The normalized spacial score (nSPS) is 37.7. The van der Waals surface area contributed by atoms with Crippen LogP contribution in [0.3, 0.4) is 0 Å². The molecule has 0 aromatic heterocycles. The lowest BCUT2D eigenvalue weighted by Crippen LogP contribution is -2.58. The smallest absolute Gasteiger partial charge is 0.311 e. The molecule has 0 amide bonds. The van der Waals surface area contributed by atoms with Crippen LogP contribution in [0.25, 0.3) is 0 Å². The van der Waals surface area contributed by atoms with Crippen molar-refractivity contribution in [2.24, 2.45) is 5.41 Å². The van der Waals surface area contributed by atoms with Crippen molar-refractivity contribution >= 4 is 5.97 Å². The summed E-state index contributed by atoms with van der Waals surface area (Å²) in [5.41, 5.74) is -0.597. The van der Waals surface area contributed by atoms with Gasteiger partial charge in [0.05, 0.1) is 5.41 Å². The number of hydrogen-bond donors (Lipinski definition) is 1. The number of carbonyl (C=O) groups excluding carboxylic acids is 1. The first kappa shape index (κ1) is 17.6. The van der Waals surface area contributed by atoms with Gasteiger partial charge < -0.3 is 28.8 Å². The molecule has 2 saturated heterocycles. The molecular weight excluding hydrogens is 292 g/mol. The first-order chi connectivity index (χ1) is 10.0. The van der Waals surface area contributed by atoms with E-state index in [-0.39, 0.29) is 12.6 Å². The van der Waals surface area contributed by atoms with E-state index in [1.165, 1.54) is 7.11 Å². The second kappa shape index (κ2) is 6.05. The molecule has 7 nitrogen and oxygen atoms in total. The number of aliphatic hydroxyl groups is 1. The fourth-order valence-electron chi connectivity index (χ4n) is 2.56. The van der Waals surface area contributed by atoms with Gasteiger partial charge in [-0.2, -0.15) is 0 Å². The minimum Gasteiger partial charge on any atom is -0.462 e. The summed E-state index contributed by atoms with van der Waals surface area (Å²) in [4.78, 5) is 11.9. The number of methoxy groups -OCH3 is 1. The average molecular weight is 318 g/mol. The van der Waals surface area contributed by atoms with Gasteiger partial charge in [0, 0.05) is 7.11 Å². The molecule has 0 radical (unpaired) electrons. The molecule has 5 atom stereocenters. The molecule has 2 aliphatic heterocycles. The maximum absolute atomic E-state index is 11.9. The van der Waals surface area contributed by atoms with Crippen LogP contribution in [0.2, 0.25) is 0 Å². The lowest BCUT2D eigenvalue weighted by Gasteiger charge is -2.39. The van der Waals surface area contributed by atoms with Crippen LogP contribution in [0, 0.1) is 5.41 Å². The summed E-state index contributed by atoms with van der Waals surface area (Å²) in [6.07, 6.45) is -3.49. The number of esters is 1. The monoisotopic (exact) mass is 318 g/mol.